The molecule has 1 heterocycles. The van der Waals surface area contributed by atoms with E-state index in [1.54, 1.807) is 0 Å². The maximum atomic E-state index is 12.6. The minimum Gasteiger partial charge on any atom is -0.490 e. The molecule has 0 aliphatic heterocycles. The van der Waals surface area contributed by atoms with Gasteiger partial charge >= 0.3 is 0 Å². The van der Waals surface area contributed by atoms with Crippen molar-refractivity contribution in [3.63, 3.8) is 0 Å². The van der Waals surface area contributed by atoms with Gasteiger partial charge in [-0.15, -0.1) is 0 Å². The lowest BCUT2D eigenvalue weighted by Crippen LogP contribution is -2.49. The number of nitrogens with zero attached hydrogens (tertiary/aromatic N) is 2. The van der Waals surface area contributed by atoms with Crippen LogP contribution in [0.25, 0.3) is 11.1 Å². The molecule has 260 valence electrons. The minimum absolute atomic E-state index is 0.180. The van der Waals surface area contributed by atoms with E-state index in [2.05, 4.69) is 35.4 Å². The Balaban J connectivity index is 1.13. The minimum atomic E-state index is -1.73. The van der Waals surface area contributed by atoms with Gasteiger partial charge in [-0.1, -0.05) is 35.9 Å². The van der Waals surface area contributed by atoms with Gasteiger partial charge in [0.25, 0.3) is 0 Å². The second kappa shape index (κ2) is 16.1. The molecule has 11 heteroatoms. The second-order valence-electron chi connectivity index (χ2n) is 13.3. The summed E-state index contributed by atoms with van der Waals surface area (Å²) < 4.78 is 6.25. The lowest BCUT2D eigenvalue weighted by atomic mass is 9.94. The molecule has 3 aromatic rings. The Morgan fingerprint density at radius 1 is 1.04 bits per heavy atom. The lowest BCUT2D eigenvalue weighted by molar-refractivity contribution is -0.138. The molecule has 2 fully saturated rings. The molecular weight excluding hydrogens is 634 g/mol. The Morgan fingerprint density at radius 3 is 2.48 bits per heavy atom. The molecule has 10 nitrogen and oxygen atoms in total. The van der Waals surface area contributed by atoms with Crippen molar-refractivity contribution in [2.75, 3.05) is 20.2 Å². The molecule has 2 aromatic carbocycles. The number of rotatable bonds is 18. The van der Waals surface area contributed by atoms with Gasteiger partial charge in [0.15, 0.2) is 0 Å². The van der Waals surface area contributed by atoms with Gasteiger partial charge in [-0.25, -0.2) is 0 Å². The first kappa shape index (κ1) is 36.2. The summed E-state index contributed by atoms with van der Waals surface area (Å²) in [7, 11) is 1.51. The molecule has 2 aliphatic rings. The van der Waals surface area contributed by atoms with E-state index in [0.29, 0.717) is 24.1 Å². The van der Waals surface area contributed by atoms with Crippen LogP contribution in [0.2, 0.25) is 5.02 Å². The molecule has 2 aliphatic carbocycles. The number of pyridine rings is 1. The highest BCUT2D eigenvalue weighted by Gasteiger charge is 2.46. The summed E-state index contributed by atoms with van der Waals surface area (Å²) in [5.41, 5.74) is 6.51. The molecule has 0 spiro atoms. The van der Waals surface area contributed by atoms with E-state index < -0.39 is 31.0 Å². The van der Waals surface area contributed by atoms with Crippen LogP contribution in [0.4, 0.5) is 0 Å². The Bertz CT molecular complexity index is 1550. The highest BCUT2D eigenvalue weighted by atomic mass is 35.5. The van der Waals surface area contributed by atoms with Gasteiger partial charge in [0.2, 0.25) is 5.91 Å². The number of aryl methyl sites for hydroxylation is 2. The number of ether oxygens (including phenoxy) is 1. The van der Waals surface area contributed by atoms with Crippen molar-refractivity contribution >= 4 is 17.5 Å². The van der Waals surface area contributed by atoms with Crippen molar-refractivity contribution < 1.29 is 35.1 Å². The van der Waals surface area contributed by atoms with Gasteiger partial charge in [0.05, 0.1) is 12.7 Å². The third kappa shape index (κ3) is 8.92. The van der Waals surface area contributed by atoms with Crippen LogP contribution in [0.5, 0.6) is 5.75 Å². The summed E-state index contributed by atoms with van der Waals surface area (Å²) in [4.78, 5) is 18.4. The molecule has 0 bridgehead atoms. The fraction of sp³-hybridized carbons (Fsp3) is 0.514. The van der Waals surface area contributed by atoms with Gasteiger partial charge in [0, 0.05) is 55.1 Å². The van der Waals surface area contributed by atoms with Crippen LogP contribution in [-0.2, 0) is 23.3 Å². The second-order valence-corrected chi connectivity index (χ2v) is 13.7. The van der Waals surface area contributed by atoms with Crippen molar-refractivity contribution in [1.82, 2.24) is 15.2 Å². The number of hydrogen-bond donors (Lipinski definition) is 6. The number of hydrogen-bond acceptors (Lipinski definition) is 9. The smallest absolute Gasteiger partial charge is 0.222 e. The number of benzene rings is 2. The molecule has 6 N–H and O–H groups in total. The molecule has 5 rings (SSSR count). The van der Waals surface area contributed by atoms with Crippen LogP contribution < -0.4 is 10.1 Å². The number of carbonyl (C=O) groups is 1. The zero-order chi connectivity index (χ0) is 34.4. The van der Waals surface area contributed by atoms with Crippen LogP contribution in [-0.4, -0.2) is 92.0 Å². The summed E-state index contributed by atoms with van der Waals surface area (Å²) in [5, 5.41) is 52.9. The van der Waals surface area contributed by atoms with E-state index in [1.165, 1.54) is 17.5 Å². The number of aliphatic hydroxyl groups is 5. The third-order valence-electron chi connectivity index (χ3n) is 9.50. The lowest BCUT2D eigenvalue weighted by Gasteiger charge is -2.28. The Kier molecular flexibility index (Phi) is 12.1. The third-order valence-corrected chi connectivity index (χ3v) is 9.85. The van der Waals surface area contributed by atoms with Gasteiger partial charge in [-0.2, -0.15) is 0 Å². The SMILES string of the molecule is Cc1cc(CNC2(c3cnccc3-c3ccccc3OC3CC3)CC2)c(Cl)cc1CCCCC(=O)N(C)C[C@H](O)[C@@H](O)[C@H](O)[C@H](O)CO. The van der Waals surface area contributed by atoms with Crippen molar-refractivity contribution in [3.05, 3.63) is 82.1 Å². The average molecular weight is 682 g/mol. The van der Waals surface area contributed by atoms with E-state index in [1.807, 2.05) is 36.7 Å². The standard InChI is InChI=1S/C37H48ClN3O7/c1-23-17-25(30(38)18-24(23)7-3-6-10-34(45)41(2)21-31(43)35(46)36(47)32(44)22-42)19-40-37(14-15-37)29-20-39-16-13-27(29)28-8-4-5-9-33(28)48-26-11-12-26/h4-5,8-9,13,16-18,20,26,31-32,35-36,40,42-44,46-47H,3,6-7,10-12,14-15,19,21-22H2,1-2H3/t31-,32+,35+,36+/m0/s1. The molecule has 4 atom stereocenters. The molecule has 0 unspecified atom stereocenters. The predicted octanol–water partition coefficient (Wildman–Crippen LogP) is 3.64. The fourth-order valence-corrected chi connectivity index (χ4v) is 6.38. The first-order chi connectivity index (χ1) is 23.0. The van der Waals surface area contributed by atoms with Gasteiger partial charge in [-0.3, -0.25) is 9.78 Å². The van der Waals surface area contributed by atoms with Crippen molar-refractivity contribution in [1.29, 1.82) is 0 Å². The summed E-state index contributed by atoms with van der Waals surface area (Å²) in [6.45, 7) is 1.72. The van der Waals surface area contributed by atoms with Crippen LogP contribution in [0.3, 0.4) is 0 Å². The fourth-order valence-electron chi connectivity index (χ4n) is 6.12. The number of aliphatic hydroxyl groups excluding tert-OH is 5. The van der Waals surface area contributed by atoms with Crippen molar-refractivity contribution in [3.8, 4) is 16.9 Å². The molecule has 1 aromatic heterocycles. The number of halogens is 1. The number of amides is 1. The molecule has 48 heavy (non-hydrogen) atoms. The Morgan fingerprint density at radius 2 is 1.77 bits per heavy atom. The first-order valence-electron chi connectivity index (χ1n) is 16.8. The molecular formula is C37H48ClN3O7. The van der Waals surface area contributed by atoms with E-state index >= 15 is 0 Å². The number of unbranched alkanes of at least 4 members (excludes halogenated alkanes) is 1. The van der Waals surface area contributed by atoms with E-state index in [-0.39, 0.29) is 24.4 Å². The van der Waals surface area contributed by atoms with Gasteiger partial charge in [-0.05, 0) is 97.9 Å². The van der Waals surface area contributed by atoms with Crippen molar-refractivity contribution in [2.45, 2.75) is 101 Å². The first-order valence-corrected chi connectivity index (χ1v) is 17.2. The summed E-state index contributed by atoms with van der Waals surface area (Å²) in [5.74, 6) is 0.708. The zero-order valence-electron chi connectivity index (χ0n) is 27.7. The topological polar surface area (TPSA) is 156 Å². The van der Waals surface area contributed by atoms with E-state index in [4.69, 9.17) is 21.4 Å². The van der Waals surface area contributed by atoms with Crippen LogP contribution in [0.1, 0.15) is 67.2 Å². The number of likely N-dealkylation sites (N-methyl/N-ethyl adjacent to an activating group) is 1. The summed E-state index contributed by atoms with van der Waals surface area (Å²) >= 11 is 6.81. The Hall–Kier alpha value is -3.09. The molecule has 0 radical (unpaired) electrons. The van der Waals surface area contributed by atoms with Crippen molar-refractivity contribution in [2.24, 2.45) is 0 Å². The van der Waals surface area contributed by atoms with Gasteiger partial charge < -0.3 is 40.5 Å². The van der Waals surface area contributed by atoms with Crippen LogP contribution in [0, 0.1) is 6.92 Å². The van der Waals surface area contributed by atoms with E-state index in [0.717, 1.165) is 72.1 Å². The van der Waals surface area contributed by atoms with Crippen LogP contribution in [0.15, 0.2) is 54.9 Å². The highest BCUT2D eigenvalue weighted by Crippen LogP contribution is 2.50. The molecule has 0 saturated heterocycles. The maximum Gasteiger partial charge on any atom is 0.222 e. The average Bonchev–Trinajstić information content (AvgIpc) is 4.04. The zero-order valence-corrected chi connectivity index (χ0v) is 28.4. The Labute approximate surface area is 287 Å². The highest BCUT2D eigenvalue weighted by molar-refractivity contribution is 6.31. The monoisotopic (exact) mass is 681 g/mol. The van der Waals surface area contributed by atoms with Crippen LogP contribution >= 0.6 is 11.6 Å². The number of nitrogens with one attached hydrogen (secondary N) is 1. The summed E-state index contributed by atoms with van der Waals surface area (Å²) in [6, 6.07) is 14.5. The largest absolute Gasteiger partial charge is 0.490 e. The number of para-hydroxylation sites is 1. The molecule has 1 amide bonds. The van der Waals surface area contributed by atoms with Gasteiger partial charge in [0.1, 0.15) is 30.2 Å². The quantitative estimate of drug-likeness (QED) is 0.110. The summed E-state index contributed by atoms with van der Waals surface area (Å²) in [6.07, 6.45) is 4.25. The normalized spacial score (nSPS) is 17.8. The number of aromatic nitrogens is 1. The maximum absolute atomic E-state index is 12.6. The molecule has 2 saturated carbocycles. The predicted molar refractivity (Wildman–Crippen MR) is 184 cm³/mol. The van der Waals surface area contributed by atoms with E-state index in [9.17, 15) is 25.2 Å². The number of carbonyl (C=O) groups excluding carboxylic acids is 1.